The zero-order chi connectivity index (χ0) is 19.3. The van der Waals surface area contributed by atoms with Crippen LogP contribution in [-0.4, -0.2) is 16.1 Å². The predicted octanol–water partition coefficient (Wildman–Crippen LogP) is 5.38. The molecule has 143 valence electrons. The van der Waals surface area contributed by atoms with E-state index in [0.717, 1.165) is 0 Å². The number of rotatable bonds is 5. The minimum Gasteiger partial charge on any atom is -0.296 e. The van der Waals surface area contributed by atoms with Crippen molar-refractivity contribution in [3.05, 3.63) is 82.5 Å². The average molecular weight is 394 g/mol. The smallest absolute Gasteiger partial charge is 0.257 e. The fourth-order valence-electron chi connectivity index (χ4n) is 3.52. The molecule has 1 radical (unpaired) electrons. The summed E-state index contributed by atoms with van der Waals surface area (Å²) < 4.78 is 13.8. The predicted molar refractivity (Wildman–Crippen MR) is 109 cm³/mol. The minimum absolute atomic E-state index is 0.211. The van der Waals surface area contributed by atoms with Gasteiger partial charge >= 0.3 is 0 Å². The first-order valence-corrected chi connectivity index (χ1v) is 10.3. The Kier molecular flexibility index (Phi) is 5.76. The van der Waals surface area contributed by atoms with Crippen molar-refractivity contribution in [2.24, 2.45) is 0 Å². The Morgan fingerprint density at radius 2 is 1.82 bits per heavy atom. The van der Waals surface area contributed by atoms with E-state index >= 15 is 0 Å². The van der Waals surface area contributed by atoms with Crippen molar-refractivity contribution in [3.8, 4) is 0 Å². The minimum atomic E-state index is -0.265. The number of anilines is 1. The van der Waals surface area contributed by atoms with Crippen molar-refractivity contribution in [2.75, 3.05) is 5.32 Å². The molecule has 0 bridgehead atoms. The Balaban J connectivity index is 1.38. The van der Waals surface area contributed by atoms with Crippen LogP contribution in [0.15, 0.2) is 48.5 Å². The molecule has 28 heavy (non-hydrogen) atoms. The Labute approximate surface area is 167 Å². The molecule has 1 aliphatic carbocycles. The van der Waals surface area contributed by atoms with Gasteiger partial charge in [0, 0.05) is 12.0 Å². The highest BCUT2D eigenvalue weighted by Crippen LogP contribution is 2.32. The fourth-order valence-corrected chi connectivity index (χ4v) is 4.27. The van der Waals surface area contributed by atoms with E-state index in [1.165, 1.54) is 48.6 Å². The number of halogens is 1. The molecule has 2 aromatic carbocycles. The highest BCUT2D eigenvalue weighted by Gasteiger charge is 2.17. The van der Waals surface area contributed by atoms with Gasteiger partial charge < -0.3 is 0 Å². The zero-order valence-electron chi connectivity index (χ0n) is 15.4. The summed E-state index contributed by atoms with van der Waals surface area (Å²) in [4.78, 5) is 12.5. The molecule has 0 aliphatic heterocycles. The quantitative estimate of drug-likeness (QED) is 0.632. The largest absolute Gasteiger partial charge is 0.296 e. The van der Waals surface area contributed by atoms with Crippen LogP contribution in [0.2, 0.25) is 0 Å². The maximum atomic E-state index is 13.8. The van der Waals surface area contributed by atoms with Crippen LogP contribution in [0.25, 0.3) is 0 Å². The van der Waals surface area contributed by atoms with Crippen LogP contribution in [0.4, 0.5) is 9.52 Å². The van der Waals surface area contributed by atoms with E-state index in [1.54, 1.807) is 18.2 Å². The molecule has 1 fully saturated rings. The molecule has 1 heterocycles. The number of amides is 1. The Hall–Kier alpha value is -2.60. The maximum Gasteiger partial charge on any atom is 0.257 e. The lowest BCUT2D eigenvalue weighted by atomic mass is 9.84. The number of carbonyl (C=O) groups is 1. The molecule has 1 saturated carbocycles. The summed E-state index contributed by atoms with van der Waals surface area (Å²) in [6.07, 6.45) is 7.40. The number of nitrogens with zero attached hydrogens (tertiary/aromatic N) is 2. The van der Waals surface area contributed by atoms with Gasteiger partial charge in [0.05, 0.1) is 0 Å². The Bertz CT molecular complexity index is 948. The lowest BCUT2D eigenvalue weighted by Gasteiger charge is -2.21. The lowest BCUT2D eigenvalue weighted by Crippen LogP contribution is -2.12. The van der Waals surface area contributed by atoms with Gasteiger partial charge in [-0.15, -0.1) is 10.2 Å². The normalized spacial score (nSPS) is 14.8. The van der Waals surface area contributed by atoms with Gasteiger partial charge in [-0.3, -0.25) is 10.1 Å². The van der Waals surface area contributed by atoms with Crippen molar-refractivity contribution in [2.45, 2.75) is 38.0 Å². The number of nitrogens with one attached hydrogen (secondary N) is 1. The van der Waals surface area contributed by atoms with E-state index in [1.807, 2.05) is 12.1 Å². The molecule has 0 unspecified atom stereocenters. The van der Waals surface area contributed by atoms with Gasteiger partial charge in [-0.1, -0.05) is 41.7 Å². The van der Waals surface area contributed by atoms with Gasteiger partial charge in [-0.25, -0.2) is 4.39 Å². The summed E-state index contributed by atoms with van der Waals surface area (Å²) in [5.41, 5.74) is 2.46. The topological polar surface area (TPSA) is 54.9 Å². The first-order valence-electron chi connectivity index (χ1n) is 9.48. The third-order valence-electron chi connectivity index (χ3n) is 5.07. The number of hydrogen-bond donors (Lipinski definition) is 1. The molecular formula is C22H21FN3OS. The zero-order valence-corrected chi connectivity index (χ0v) is 16.2. The first kappa shape index (κ1) is 18.7. The fraction of sp³-hybridized carbons (Fsp3) is 0.273. The number of carbonyl (C=O) groups excluding carboxylic acids is 1. The summed E-state index contributed by atoms with van der Waals surface area (Å²) >= 11 is 1.26. The van der Waals surface area contributed by atoms with Gasteiger partial charge in [0.1, 0.15) is 10.8 Å². The van der Waals surface area contributed by atoms with Gasteiger partial charge in [-0.2, -0.15) is 0 Å². The van der Waals surface area contributed by atoms with Crippen LogP contribution >= 0.6 is 11.3 Å². The van der Waals surface area contributed by atoms with Crippen LogP contribution in [-0.2, 0) is 6.42 Å². The molecule has 1 aliphatic rings. The third kappa shape index (κ3) is 4.44. The SMILES string of the molecule is O=C(Nc1nnc(Cc2ccccc2F)s1)c1ccc(C2CC[CH]CC2)cc1. The first-order chi connectivity index (χ1) is 13.7. The molecule has 4 rings (SSSR count). The molecule has 3 aromatic rings. The molecule has 0 atom stereocenters. The van der Waals surface area contributed by atoms with E-state index in [9.17, 15) is 9.18 Å². The summed E-state index contributed by atoms with van der Waals surface area (Å²) in [5, 5.41) is 11.9. The number of aromatic nitrogens is 2. The van der Waals surface area contributed by atoms with Gasteiger partial charge in [-0.05, 0) is 67.3 Å². The summed E-state index contributed by atoms with van der Waals surface area (Å²) in [5.74, 6) is 0.113. The van der Waals surface area contributed by atoms with E-state index < -0.39 is 0 Å². The molecule has 1 N–H and O–H groups in total. The van der Waals surface area contributed by atoms with Gasteiger partial charge in [0.15, 0.2) is 0 Å². The van der Waals surface area contributed by atoms with Gasteiger partial charge in [0.2, 0.25) is 5.13 Å². The molecule has 4 nitrogen and oxygen atoms in total. The summed E-state index contributed by atoms with van der Waals surface area (Å²) in [6.45, 7) is 0. The Morgan fingerprint density at radius 1 is 1.07 bits per heavy atom. The van der Waals surface area contributed by atoms with Crippen LogP contribution in [0.3, 0.4) is 0 Å². The lowest BCUT2D eigenvalue weighted by molar-refractivity contribution is 0.102. The second kappa shape index (κ2) is 8.61. The molecular weight excluding hydrogens is 373 g/mol. The second-order valence-corrected chi connectivity index (χ2v) is 8.05. The van der Waals surface area contributed by atoms with Crippen LogP contribution < -0.4 is 5.32 Å². The van der Waals surface area contributed by atoms with E-state index in [4.69, 9.17) is 0 Å². The van der Waals surface area contributed by atoms with Crippen molar-refractivity contribution in [3.63, 3.8) is 0 Å². The second-order valence-electron chi connectivity index (χ2n) is 6.99. The molecule has 1 amide bonds. The molecule has 0 spiro atoms. The van der Waals surface area contributed by atoms with Crippen molar-refractivity contribution < 1.29 is 9.18 Å². The van der Waals surface area contributed by atoms with E-state index in [2.05, 4.69) is 34.1 Å². The van der Waals surface area contributed by atoms with E-state index in [-0.39, 0.29) is 11.7 Å². The van der Waals surface area contributed by atoms with Crippen molar-refractivity contribution in [1.82, 2.24) is 10.2 Å². The van der Waals surface area contributed by atoms with Crippen LogP contribution in [0.1, 0.15) is 58.1 Å². The molecule has 6 heteroatoms. The van der Waals surface area contributed by atoms with Gasteiger partial charge in [0.25, 0.3) is 5.91 Å². The summed E-state index contributed by atoms with van der Waals surface area (Å²) in [6, 6.07) is 14.4. The monoisotopic (exact) mass is 394 g/mol. The summed E-state index contributed by atoms with van der Waals surface area (Å²) in [7, 11) is 0. The standard InChI is InChI=1S/C22H21FN3OS/c23-19-9-5-4-8-18(19)14-20-25-26-22(28-20)24-21(27)17-12-10-16(11-13-17)15-6-2-1-3-7-15/h1,4-5,8-13,15H,2-3,6-7,14H2,(H,24,26,27). The van der Waals surface area contributed by atoms with Crippen LogP contribution in [0, 0.1) is 12.2 Å². The third-order valence-corrected chi connectivity index (χ3v) is 5.91. The van der Waals surface area contributed by atoms with Crippen molar-refractivity contribution in [1.29, 1.82) is 0 Å². The maximum absolute atomic E-state index is 13.8. The number of hydrogen-bond acceptors (Lipinski definition) is 4. The van der Waals surface area contributed by atoms with Crippen molar-refractivity contribution >= 4 is 22.4 Å². The average Bonchev–Trinajstić information content (AvgIpc) is 3.17. The van der Waals surface area contributed by atoms with Crippen LogP contribution in [0.5, 0.6) is 0 Å². The van der Waals surface area contributed by atoms with E-state index in [0.29, 0.717) is 33.6 Å². The highest BCUT2D eigenvalue weighted by molar-refractivity contribution is 7.15. The molecule has 1 aromatic heterocycles. The highest BCUT2D eigenvalue weighted by atomic mass is 32.1. The molecule has 0 saturated heterocycles. The number of benzene rings is 2. The Morgan fingerprint density at radius 3 is 2.57 bits per heavy atom.